The van der Waals surface area contributed by atoms with Gasteiger partial charge in [0.1, 0.15) is 5.54 Å². The minimum absolute atomic E-state index is 0.128. The van der Waals surface area contributed by atoms with Gasteiger partial charge in [-0.2, -0.15) is 0 Å². The Balaban J connectivity index is 1.74. The van der Waals surface area contributed by atoms with Gasteiger partial charge in [0.05, 0.1) is 0 Å². The summed E-state index contributed by atoms with van der Waals surface area (Å²) in [4.78, 5) is 19.6. The lowest BCUT2D eigenvalue weighted by molar-refractivity contribution is -0.130. The Morgan fingerprint density at radius 1 is 1.08 bits per heavy atom. The molecular formula is C19H22N4O. The highest BCUT2D eigenvalue weighted by molar-refractivity contribution is 5.99. The summed E-state index contributed by atoms with van der Waals surface area (Å²) in [7, 11) is 0. The minimum Gasteiger partial charge on any atom is -0.324 e. The fourth-order valence-corrected chi connectivity index (χ4v) is 3.82. The Bertz CT molecular complexity index is 725. The van der Waals surface area contributed by atoms with Gasteiger partial charge < -0.3 is 10.6 Å². The van der Waals surface area contributed by atoms with Crippen molar-refractivity contribution in [2.24, 2.45) is 0 Å². The van der Waals surface area contributed by atoms with Crippen LogP contribution in [0.3, 0.4) is 0 Å². The fourth-order valence-electron chi connectivity index (χ4n) is 3.82. The fraction of sp³-hybridized carbons (Fsp3) is 0.368. The van der Waals surface area contributed by atoms with Crippen molar-refractivity contribution < 1.29 is 4.79 Å². The molecule has 0 atom stereocenters. The van der Waals surface area contributed by atoms with Crippen molar-refractivity contribution in [1.82, 2.24) is 15.2 Å². The van der Waals surface area contributed by atoms with E-state index in [2.05, 4.69) is 26.6 Å². The van der Waals surface area contributed by atoms with Crippen LogP contribution in [0.2, 0.25) is 0 Å². The smallest absolute Gasteiger partial charge is 0.245 e. The Labute approximate surface area is 142 Å². The van der Waals surface area contributed by atoms with Crippen LogP contribution < -0.4 is 10.6 Å². The molecule has 24 heavy (non-hydrogen) atoms. The van der Waals surface area contributed by atoms with Gasteiger partial charge in [-0.05, 0) is 55.3 Å². The number of para-hydroxylation sites is 1. The van der Waals surface area contributed by atoms with Gasteiger partial charge in [0, 0.05) is 31.2 Å². The molecule has 0 unspecified atom stereocenters. The zero-order valence-corrected chi connectivity index (χ0v) is 13.7. The largest absolute Gasteiger partial charge is 0.324 e. The molecule has 1 aromatic heterocycles. The third-order valence-corrected chi connectivity index (χ3v) is 5.21. The third kappa shape index (κ3) is 2.70. The van der Waals surface area contributed by atoms with Crippen LogP contribution >= 0.6 is 0 Å². The summed E-state index contributed by atoms with van der Waals surface area (Å²) in [6.07, 6.45) is 5.29. The van der Waals surface area contributed by atoms with Crippen molar-refractivity contribution in [3.63, 3.8) is 0 Å². The molecule has 1 aromatic carbocycles. The van der Waals surface area contributed by atoms with E-state index < -0.39 is 5.54 Å². The molecule has 5 nitrogen and oxygen atoms in total. The third-order valence-electron chi connectivity index (χ3n) is 5.21. The van der Waals surface area contributed by atoms with Crippen molar-refractivity contribution >= 4 is 11.6 Å². The summed E-state index contributed by atoms with van der Waals surface area (Å²) in [6.45, 7) is 3.27. The number of nitrogens with zero attached hydrogens (tertiary/aromatic N) is 2. The molecule has 2 N–H and O–H groups in total. The zero-order chi connectivity index (χ0) is 16.4. The molecule has 1 spiro atoms. The van der Waals surface area contributed by atoms with Gasteiger partial charge in [-0.3, -0.25) is 14.7 Å². The first kappa shape index (κ1) is 15.3. The number of amides is 1. The molecule has 1 amide bonds. The molecule has 5 heteroatoms. The average Bonchev–Trinajstić information content (AvgIpc) is 2.73. The molecule has 2 aliphatic rings. The van der Waals surface area contributed by atoms with E-state index in [1.165, 1.54) is 11.1 Å². The molecule has 3 heterocycles. The van der Waals surface area contributed by atoms with Gasteiger partial charge in [-0.25, -0.2) is 0 Å². The maximum absolute atomic E-state index is 13.2. The first-order chi connectivity index (χ1) is 11.8. The highest BCUT2D eigenvalue weighted by Gasteiger charge is 2.46. The van der Waals surface area contributed by atoms with Gasteiger partial charge in [-0.1, -0.05) is 18.2 Å². The van der Waals surface area contributed by atoms with Crippen LogP contribution in [-0.4, -0.2) is 34.4 Å². The highest BCUT2D eigenvalue weighted by Crippen LogP contribution is 2.35. The number of carbonyl (C=O) groups excluding carboxylic acids is 1. The first-order valence-corrected chi connectivity index (χ1v) is 8.52. The van der Waals surface area contributed by atoms with Crippen LogP contribution in [0, 0.1) is 0 Å². The minimum atomic E-state index is -0.451. The maximum Gasteiger partial charge on any atom is 0.245 e. The SMILES string of the molecule is O=C1Nc2ccccc2CN(Cc2ccncc2)C12CCNCC2. The van der Waals surface area contributed by atoms with Crippen LogP contribution in [0.25, 0.3) is 0 Å². The predicted molar refractivity (Wildman–Crippen MR) is 93.4 cm³/mol. The number of fused-ring (bicyclic) bond motifs is 1. The summed E-state index contributed by atoms with van der Waals surface area (Å²) in [5.74, 6) is 0.128. The van der Waals surface area contributed by atoms with Crippen LogP contribution in [0.4, 0.5) is 5.69 Å². The molecule has 0 bridgehead atoms. The maximum atomic E-state index is 13.2. The number of aromatic nitrogens is 1. The standard InChI is InChI=1S/C19H22N4O/c24-18-19(7-11-21-12-8-19)23(13-15-5-9-20-10-6-15)14-16-3-1-2-4-17(16)22-18/h1-6,9-10,21H,7-8,11-14H2,(H,22,24). The van der Waals surface area contributed by atoms with Gasteiger partial charge in [0.25, 0.3) is 0 Å². The lowest BCUT2D eigenvalue weighted by Gasteiger charge is -2.44. The van der Waals surface area contributed by atoms with Crippen molar-refractivity contribution in [3.8, 4) is 0 Å². The Morgan fingerprint density at radius 3 is 2.62 bits per heavy atom. The average molecular weight is 322 g/mol. The molecule has 1 saturated heterocycles. The topological polar surface area (TPSA) is 57.3 Å². The summed E-state index contributed by atoms with van der Waals surface area (Å²) in [5, 5.41) is 6.56. The number of rotatable bonds is 2. The van der Waals surface area contributed by atoms with Crippen LogP contribution in [-0.2, 0) is 17.9 Å². The molecule has 0 radical (unpaired) electrons. The number of hydrogen-bond donors (Lipinski definition) is 2. The van der Waals surface area contributed by atoms with E-state index in [0.29, 0.717) is 0 Å². The second kappa shape index (κ2) is 6.34. The number of carbonyl (C=O) groups is 1. The van der Waals surface area contributed by atoms with Crippen LogP contribution in [0.15, 0.2) is 48.8 Å². The van der Waals surface area contributed by atoms with E-state index in [9.17, 15) is 4.79 Å². The number of piperidine rings is 1. The second-order valence-corrected chi connectivity index (χ2v) is 6.60. The highest BCUT2D eigenvalue weighted by atomic mass is 16.2. The molecule has 124 valence electrons. The van der Waals surface area contributed by atoms with E-state index in [1.54, 1.807) is 0 Å². The monoisotopic (exact) mass is 322 g/mol. The quantitative estimate of drug-likeness (QED) is 0.890. The van der Waals surface area contributed by atoms with E-state index >= 15 is 0 Å². The second-order valence-electron chi connectivity index (χ2n) is 6.60. The summed E-state index contributed by atoms with van der Waals surface area (Å²) < 4.78 is 0. The Morgan fingerprint density at radius 2 is 1.83 bits per heavy atom. The van der Waals surface area contributed by atoms with Gasteiger partial charge in [-0.15, -0.1) is 0 Å². The van der Waals surface area contributed by atoms with Crippen molar-refractivity contribution in [3.05, 3.63) is 59.9 Å². The molecule has 0 saturated carbocycles. The summed E-state index contributed by atoms with van der Waals surface area (Å²) >= 11 is 0. The summed E-state index contributed by atoms with van der Waals surface area (Å²) in [6, 6.07) is 12.2. The predicted octanol–water partition coefficient (Wildman–Crippen LogP) is 2.16. The van der Waals surface area contributed by atoms with Crippen molar-refractivity contribution in [1.29, 1.82) is 0 Å². The van der Waals surface area contributed by atoms with E-state index in [4.69, 9.17) is 0 Å². The molecule has 2 aliphatic heterocycles. The molecule has 0 aliphatic carbocycles. The van der Waals surface area contributed by atoms with Crippen LogP contribution in [0.1, 0.15) is 24.0 Å². The lowest BCUT2D eigenvalue weighted by atomic mass is 9.85. The normalized spacial score (nSPS) is 20.2. The molecule has 4 rings (SSSR count). The number of pyridine rings is 1. The number of hydrogen-bond acceptors (Lipinski definition) is 4. The molecule has 1 fully saturated rings. The molecule has 2 aromatic rings. The van der Waals surface area contributed by atoms with Crippen molar-refractivity contribution in [2.75, 3.05) is 18.4 Å². The Hall–Kier alpha value is -2.24. The van der Waals surface area contributed by atoms with Gasteiger partial charge in [0.2, 0.25) is 5.91 Å². The number of nitrogens with one attached hydrogen (secondary N) is 2. The zero-order valence-electron chi connectivity index (χ0n) is 13.7. The lowest BCUT2D eigenvalue weighted by Crippen LogP contribution is -2.59. The van der Waals surface area contributed by atoms with E-state index in [-0.39, 0.29) is 5.91 Å². The van der Waals surface area contributed by atoms with E-state index in [1.807, 2.05) is 42.7 Å². The number of benzene rings is 1. The first-order valence-electron chi connectivity index (χ1n) is 8.52. The summed E-state index contributed by atoms with van der Waals surface area (Å²) in [5.41, 5.74) is 2.86. The van der Waals surface area contributed by atoms with Crippen molar-refractivity contribution in [2.45, 2.75) is 31.5 Å². The number of anilines is 1. The van der Waals surface area contributed by atoms with Crippen LogP contribution in [0.5, 0.6) is 0 Å². The van der Waals surface area contributed by atoms with E-state index in [0.717, 1.165) is 44.7 Å². The van der Waals surface area contributed by atoms with Gasteiger partial charge in [0.15, 0.2) is 0 Å². The Kier molecular flexibility index (Phi) is 4.04. The molecular weight excluding hydrogens is 300 g/mol. The van der Waals surface area contributed by atoms with Gasteiger partial charge >= 0.3 is 0 Å².